The SMILES string of the molecule is O=C(C(=O)c1cccc(OC(F)OC2CCCC2)c1)c1ccncc1. The lowest BCUT2D eigenvalue weighted by Crippen LogP contribution is -2.21. The third-order valence-corrected chi connectivity index (χ3v) is 4.08. The first-order chi connectivity index (χ1) is 12.1. The van der Waals surface area contributed by atoms with Gasteiger partial charge in [0.1, 0.15) is 5.75 Å². The molecule has 5 nitrogen and oxygen atoms in total. The molecule has 3 rings (SSSR count). The molecule has 1 aromatic carbocycles. The zero-order chi connectivity index (χ0) is 17.6. The van der Waals surface area contributed by atoms with Crippen molar-refractivity contribution in [1.82, 2.24) is 4.98 Å². The summed E-state index contributed by atoms with van der Waals surface area (Å²) in [6.07, 6.45) is 6.44. The van der Waals surface area contributed by atoms with Crippen LogP contribution in [0.2, 0.25) is 0 Å². The Hall–Kier alpha value is -2.60. The highest BCUT2D eigenvalue weighted by atomic mass is 19.2. The molecule has 1 unspecified atom stereocenters. The molecule has 6 heteroatoms. The molecule has 0 bridgehead atoms. The minimum atomic E-state index is -1.90. The van der Waals surface area contributed by atoms with Crippen LogP contribution in [-0.2, 0) is 4.74 Å². The number of rotatable bonds is 7. The summed E-state index contributed by atoms with van der Waals surface area (Å²) in [6, 6.07) is 8.80. The Morgan fingerprint density at radius 2 is 1.72 bits per heavy atom. The van der Waals surface area contributed by atoms with Crippen LogP contribution < -0.4 is 4.74 Å². The number of carbonyl (C=O) groups excluding carboxylic acids is 2. The van der Waals surface area contributed by atoms with Crippen LogP contribution in [0.15, 0.2) is 48.8 Å². The Morgan fingerprint density at radius 3 is 2.44 bits per heavy atom. The van der Waals surface area contributed by atoms with Crippen molar-refractivity contribution in [2.24, 2.45) is 0 Å². The first kappa shape index (κ1) is 17.2. The first-order valence-corrected chi connectivity index (χ1v) is 8.19. The summed E-state index contributed by atoms with van der Waals surface area (Å²) in [5.74, 6) is -1.21. The number of hydrogen-bond acceptors (Lipinski definition) is 5. The summed E-state index contributed by atoms with van der Waals surface area (Å²) in [6.45, 7) is -1.90. The van der Waals surface area contributed by atoms with E-state index < -0.39 is 18.1 Å². The molecule has 0 aliphatic heterocycles. The maximum Gasteiger partial charge on any atom is 0.353 e. The number of aromatic nitrogens is 1. The van der Waals surface area contributed by atoms with Crippen molar-refractivity contribution in [3.05, 3.63) is 59.9 Å². The molecule has 0 radical (unpaired) electrons. The van der Waals surface area contributed by atoms with Crippen molar-refractivity contribution >= 4 is 11.6 Å². The van der Waals surface area contributed by atoms with Crippen LogP contribution in [0.4, 0.5) is 4.39 Å². The van der Waals surface area contributed by atoms with Crippen molar-refractivity contribution in [3.8, 4) is 5.75 Å². The standard InChI is InChI=1S/C19H18FNO4/c20-19(24-15-5-1-2-6-15)25-16-7-3-4-14(12-16)18(23)17(22)13-8-10-21-11-9-13/h3-4,7-12,15,19H,1-2,5-6H2. The maximum absolute atomic E-state index is 13.9. The largest absolute Gasteiger partial charge is 0.438 e. The van der Waals surface area contributed by atoms with Crippen molar-refractivity contribution in [2.75, 3.05) is 0 Å². The second kappa shape index (κ2) is 7.98. The lowest BCUT2D eigenvalue weighted by atomic mass is 10.0. The van der Waals surface area contributed by atoms with Crippen LogP contribution >= 0.6 is 0 Å². The molecule has 1 aliphatic carbocycles. The number of ether oxygens (including phenoxy) is 2. The van der Waals surface area contributed by atoms with Crippen LogP contribution in [0, 0.1) is 0 Å². The average molecular weight is 343 g/mol. The van der Waals surface area contributed by atoms with Gasteiger partial charge in [0.25, 0.3) is 0 Å². The highest BCUT2D eigenvalue weighted by Gasteiger charge is 2.22. The summed E-state index contributed by atoms with van der Waals surface area (Å²) in [7, 11) is 0. The molecule has 1 fully saturated rings. The Bertz CT molecular complexity index is 744. The second-order valence-corrected chi connectivity index (χ2v) is 5.86. The van der Waals surface area contributed by atoms with E-state index >= 15 is 0 Å². The molecule has 0 N–H and O–H groups in total. The van der Waals surface area contributed by atoms with Crippen molar-refractivity contribution in [2.45, 2.75) is 38.3 Å². The van der Waals surface area contributed by atoms with Gasteiger partial charge in [-0.3, -0.25) is 14.6 Å². The van der Waals surface area contributed by atoms with E-state index in [4.69, 9.17) is 9.47 Å². The molecule has 1 saturated carbocycles. The topological polar surface area (TPSA) is 65.5 Å². The fourth-order valence-corrected chi connectivity index (χ4v) is 2.79. The number of Topliss-reactive ketones (excluding diaryl/α,β-unsaturated/α-hetero) is 2. The van der Waals surface area contributed by atoms with E-state index in [1.54, 1.807) is 0 Å². The lowest BCUT2D eigenvalue weighted by Gasteiger charge is -2.16. The summed E-state index contributed by atoms with van der Waals surface area (Å²) >= 11 is 0. The molecule has 1 atom stereocenters. The molecular formula is C19H18FNO4. The normalized spacial score (nSPS) is 15.7. The number of hydrogen-bond donors (Lipinski definition) is 0. The zero-order valence-electron chi connectivity index (χ0n) is 13.6. The van der Waals surface area contributed by atoms with Crippen LogP contribution in [-0.4, -0.2) is 29.2 Å². The number of carbonyl (C=O) groups is 2. The van der Waals surface area contributed by atoms with Crippen molar-refractivity contribution in [1.29, 1.82) is 0 Å². The molecule has 0 saturated heterocycles. The quantitative estimate of drug-likeness (QED) is 0.435. The number of nitrogens with zero attached hydrogens (tertiary/aromatic N) is 1. The molecular weight excluding hydrogens is 325 g/mol. The van der Waals surface area contributed by atoms with Gasteiger partial charge in [-0.05, 0) is 37.1 Å². The Labute approximate surface area is 144 Å². The third kappa shape index (κ3) is 4.48. The van der Waals surface area contributed by atoms with Gasteiger partial charge in [-0.1, -0.05) is 25.0 Å². The molecule has 25 heavy (non-hydrogen) atoms. The summed E-state index contributed by atoms with van der Waals surface area (Å²) in [5, 5.41) is 0. The monoisotopic (exact) mass is 343 g/mol. The van der Waals surface area contributed by atoms with Crippen LogP contribution in [0.25, 0.3) is 0 Å². The third-order valence-electron chi connectivity index (χ3n) is 4.08. The van der Waals surface area contributed by atoms with E-state index in [0.29, 0.717) is 0 Å². The van der Waals surface area contributed by atoms with Crippen LogP contribution in [0.1, 0.15) is 46.4 Å². The van der Waals surface area contributed by atoms with E-state index in [0.717, 1.165) is 25.7 Å². The number of pyridine rings is 1. The fourth-order valence-electron chi connectivity index (χ4n) is 2.79. The maximum atomic E-state index is 13.9. The van der Waals surface area contributed by atoms with Gasteiger partial charge in [0.05, 0.1) is 6.10 Å². The van der Waals surface area contributed by atoms with Crippen molar-refractivity contribution < 1.29 is 23.5 Å². The van der Waals surface area contributed by atoms with Crippen LogP contribution in [0.3, 0.4) is 0 Å². The molecule has 1 heterocycles. The lowest BCUT2D eigenvalue weighted by molar-refractivity contribution is -0.192. The molecule has 1 aromatic heterocycles. The van der Waals surface area contributed by atoms with Gasteiger partial charge in [0.15, 0.2) is 0 Å². The number of alkyl halides is 1. The Morgan fingerprint density at radius 1 is 1.04 bits per heavy atom. The van der Waals surface area contributed by atoms with Gasteiger partial charge in [-0.25, -0.2) is 0 Å². The molecule has 2 aromatic rings. The van der Waals surface area contributed by atoms with Crippen LogP contribution in [0.5, 0.6) is 5.75 Å². The summed E-state index contributed by atoms with van der Waals surface area (Å²) in [4.78, 5) is 28.3. The molecule has 130 valence electrons. The van der Waals surface area contributed by atoms with Gasteiger partial charge < -0.3 is 9.47 Å². The average Bonchev–Trinajstić information content (AvgIpc) is 3.14. The van der Waals surface area contributed by atoms with E-state index in [1.165, 1.54) is 48.8 Å². The minimum absolute atomic E-state index is 0.131. The van der Waals surface area contributed by atoms with Gasteiger partial charge in [-0.2, -0.15) is 4.39 Å². The predicted octanol–water partition coefficient (Wildman–Crippen LogP) is 3.74. The molecule has 0 amide bonds. The Balaban J connectivity index is 1.66. The number of ketones is 2. The number of benzene rings is 1. The highest BCUT2D eigenvalue weighted by Crippen LogP contribution is 2.24. The predicted molar refractivity (Wildman–Crippen MR) is 88.2 cm³/mol. The van der Waals surface area contributed by atoms with Gasteiger partial charge in [0, 0.05) is 23.5 Å². The summed E-state index contributed by atoms with van der Waals surface area (Å²) in [5.41, 5.74) is 0.381. The zero-order valence-corrected chi connectivity index (χ0v) is 13.6. The number of halogens is 1. The molecule has 1 aliphatic rings. The van der Waals surface area contributed by atoms with E-state index in [2.05, 4.69) is 4.98 Å². The minimum Gasteiger partial charge on any atom is -0.438 e. The van der Waals surface area contributed by atoms with E-state index in [1.807, 2.05) is 0 Å². The fraction of sp³-hybridized carbons (Fsp3) is 0.316. The first-order valence-electron chi connectivity index (χ1n) is 8.19. The Kier molecular flexibility index (Phi) is 5.50. The van der Waals surface area contributed by atoms with E-state index in [9.17, 15) is 14.0 Å². The van der Waals surface area contributed by atoms with Crippen molar-refractivity contribution in [3.63, 3.8) is 0 Å². The van der Waals surface area contributed by atoms with Gasteiger partial charge in [0.2, 0.25) is 11.6 Å². The highest BCUT2D eigenvalue weighted by molar-refractivity contribution is 6.49. The van der Waals surface area contributed by atoms with E-state index in [-0.39, 0.29) is 23.0 Å². The second-order valence-electron chi connectivity index (χ2n) is 5.86. The molecule has 0 spiro atoms. The summed E-state index contributed by atoms with van der Waals surface area (Å²) < 4.78 is 24.2. The smallest absolute Gasteiger partial charge is 0.353 e. The van der Waals surface area contributed by atoms with Gasteiger partial charge in [-0.15, -0.1) is 0 Å². The van der Waals surface area contributed by atoms with Gasteiger partial charge >= 0.3 is 6.54 Å².